The molecule has 2 heterocycles. The van der Waals surface area contributed by atoms with E-state index in [2.05, 4.69) is 0 Å². The predicted octanol–water partition coefficient (Wildman–Crippen LogP) is 3.82. The monoisotopic (exact) mass is 325 g/mol. The molecule has 4 nitrogen and oxygen atoms in total. The van der Waals surface area contributed by atoms with Gasteiger partial charge in [0.2, 0.25) is 0 Å². The standard InChI is InChI=1S/C18H15NO3S/c1-19(2)13-6-5-12-10-15(18(21)22-17(12)11-13)16(20)8-7-14-4-3-9-23-14/h3-11H,1-2H3. The molecule has 3 aromatic rings. The van der Waals surface area contributed by atoms with Crippen LogP contribution in [0.15, 0.2) is 57.1 Å². The Kier molecular flexibility index (Phi) is 4.12. The van der Waals surface area contributed by atoms with E-state index in [1.54, 1.807) is 18.2 Å². The van der Waals surface area contributed by atoms with Gasteiger partial charge in [0.15, 0.2) is 5.78 Å². The Morgan fingerprint density at radius 3 is 2.74 bits per heavy atom. The number of allylic oxidation sites excluding steroid dienone is 1. The van der Waals surface area contributed by atoms with Gasteiger partial charge in [-0.2, -0.15) is 0 Å². The summed E-state index contributed by atoms with van der Waals surface area (Å²) in [5.74, 6) is -0.356. The first-order chi connectivity index (χ1) is 11.0. The fourth-order valence-electron chi connectivity index (χ4n) is 2.18. The maximum absolute atomic E-state index is 12.2. The average Bonchev–Trinajstić information content (AvgIpc) is 3.04. The van der Waals surface area contributed by atoms with Crippen LogP contribution in [0.1, 0.15) is 15.2 Å². The van der Waals surface area contributed by atoms with Crippen molar-refractivity contribution in [1.82, 2.24) is 0 Å². The third-order valence-corrected chi connectivity index (χ3v) is 4.28. The average molecular weight is 325 g/mol. The summed E-state index contributed by atoms with van der Waals surface area (Å²) in [4.78, 5) is 27.2. The third-order valence-electron chi connectivity index (χ3n) is 3.44. The zero-order valence-electron chi connectivity index (χ0n) is 12.8. The summed E-state index contributed by atoms with van der Waals surface area (Å²) < 4.78 is 5.31. The second-order valence-corrected chi connectivity index (χ2v) is 6.26. The molecule has 23 heavy (non-hydrogen) atoms. The molecule has 116 valence electrons. The van der Waals surface area contributed by atoms with Crippen LogP contribution in [0.5, 0.6) is 0 Å². The Labute approximate surface area is 137 Å². The molecule has 0 saturated heterocycles. The van der Waals surface area contributed by atoms with Crippen LogP contribution in [-0.4, -0.2) is 19.9 Å². The highest BCUT2D eigenvalue weighted by Crippen LogP contribution is 2.21. The fourth-order valence-corrected chi connectivity index (χ4v) is 2.80. The molecule has 0 unspecified atom stereocenters. The Bertz CT molecular complexity index is 937. The molecule has 0 bridgehead atoms. The van der Waals surface area contributed by atoms with Crippen LogP contribution in [0.2, 0.25) is 0 Å². The van der Waals surface area contributed by atoms with Crippen molar-refractivity contribution in [2.75, 3.05) is 19.0 Å². The number of anilines is 1. The number of carbonyl (C=O) groups excluding carboxylic acids is 1. The molecule has 0 atom stereocenters. The summed E-state index contributed by atoms with van der Waals surface area (Å²) in [6, 6.07) is 10.9. The van der Waals surface area contributed by atoms with E-state index in [4.69, 9.17) is 4.42 Å². The number of fused-ring (bicyclic) bond motifs is 1. The molecule has 0 fully saturated rings. The molecule has 5 heteroatoms. The van der Waals surface area contributed by atoms with Crippen molar-refractivity contribution in [3.63, 3.8) is 0 Å². The summed E-state index contributed by atoms with van der Waals surface area (Å²) >= 11 is 1.53. The van der Waals surface area contributed by atoms with E-state index in [1.165, 1.54) is 17.4 Å². The molecule has 3 rings (SSSR count). The number of ketones is 1. The first-order valence-corrected chi connectivity index (χ1v) is 7.94. The van der Waals surface area contributed by atoms with Gasteiger partial charge in [-0.05, 0) is 41.8 Å². The van der Waals surface area contributed by atoms with Crippen molar-refractivity contribution in [3.05, 3.63) is 68.7 Å². The van der Waals surface area contributed by atoms with Crippen molar-refractivity contribution in [2.45, 2.75) is 0 Å². The Morgan fingerprint density at radius 2 is 2.04 bits per heavy atom. The van der Waals surface area contributed by atoms with Crippen LogP contribution in [0.3, 0.4) is 0 Å². The number of hydrogen-bond donors (Lipinski definition) is 0. The van der Waals surface area contributed by atoms with Crippen molar-refractivity contribution in [2.24, 2.45) is 0 Å². The van der Waals surface area contributed by atoms with Gasteiger partial charge < -0.3 is 9.32 Å². The van der Waals surface area contributed by atoms with Crippen LogP contribution >= 0.6 is 11.3 Å². The normalized spacial score (nSPS) is 11.2. The van der Waals surface area contributed by atoms with Gasteiger partial charge >= 0.3 is 5.63 Å². The van der Waals surface area contributed by atoms with Gasteiger partial charge in [0.1, 0.15) is 11.1 Å². The molecule has 0 spiro atoms. The molecule has 0 aliphatic rings. The largest absolute Gasteiger partial charge is 0.422 e. The number of carbonyl (C=O) groups is 1. The number of rotatable bonds is 4. The topological polar surface area (TPSA) is 50.5 Å². The van der Waals surface area contributed by atoms with Crippen LogP contribution in [0.4, 0.5) is 5.69 Å². The van der Waals surface area contributed by atoms with Gasteiger partial charge in [-0.1, -0.05) is 6.07 Å². The molecule has 2 aromatic heterocycles. The lowest BCUT2D eigenvalue weighted by molar-refractivity contribution is 0.104. The van der Waals surface area contributed by atoms with Gasteiger partial charge in [-0.3, -0.25) is 4.79 Å². The molecule has 0 N–H and O–H groups in total. The molecular formula is C18H15NO3S. The van der Waals surface area contributed by atoms with Crippen molar-refractivity contribution < 1.29 is 9.21 Å². The van der Waals surface area contributed by atoms with Crippen molar-refractivity contribution in [1.29, 1.82) is 0 Å². The number of benzene rings is 1. The lowest BCUT2D eigenvalue weighted by Crippen LogP contribution is -2.12. The van der Waals surface area contributed by atoms with E-state index >= 15 is 0 Å². The Hall–Kier alpha value is -2.66. The molecule has 0 aliphatic heterocycles. The van der Waals surface area contributed by atoms with Crippen LogP contribution in [0, 0.1) is 0 Å². The SMILES string of the molecule is CN(C)c1ccc2cc(C(=O)C=Cc3cccs3)c(=O)oc2c1. The minimum atomic E-state index is -0.616. The highest BCUT2D eigenvalue weighted by Gasteiger charge is 2.12. The zero-order chi connectivity index (χ0) is 16.4. The Morgan fingerprint density at radius 1 is 1.22 bits per heavy atom. The van der Waals surface area contributed by atoms with Gasteiger partial charge in [0, 0.05) is 36.1 Å². The van der Waals surface area contributed by atoms with Crippen molar-refractivity contribution in [3.8, 4) is 0 Å². The number of hydrogen-bond acceptors (Lipinski definition) is 5. The smallest absolute Gasteiger partial charge is 0.347 e. The molecule has 1 aromatic carbocycles. The lowest BCUT2D eigenvalue weighted by Gasteiger charge is -2.12. The number of thiophene rings is 1. The van der Waals surface area contributed by atoms with Gasteiger partial charge in [0.25, 0.3) is 0 Å². The molecule has 0 saturated carbocycles. The van der Waals surface area contributed by atoms with E-state index < -0.39 is 5.63 Å². The summed E-state index contributed by atoms with van der Waals surface area (Å²) in [5, 5.41) is 2.65. The first kappa shape index (κ1) is 15.2. The minimum Gasteiger partial charge on any atom is -0.422 e. The minimum absolute atomic E-state index is 0.0444. The molecule has 0 aliphatic carbocycles. The predicted molar refractivity (Wildman–Crippen MR) is 94.5 cm³/mol. The second kappa shape index (κ2) is 6.22. The van der Waals surface area contributed by atoms with Gasteiger partial charge in [0.05, 0.1) is 0 Å². The van der Waals surface area contributed by atoms with E-state index in [0.717, 1.165) is 16.0 Å². The summed E-state index contributed by atoms with van der Waals surface area (Å²) in [5.41, 5.74) is 0.828. The van der Waals surface area contributed by atoms with E-state index in [1.807, 2.05) is 48.6 Å². The molecular weight excluding hydrogens is 310 g/mol. The zero-order valence-corrected chi connectivity index (χ0v) is 13.6. The van der Waals surface area contributed by atoms with Crippen molar-refractivity contribution >= 4 is 39.9 Å². The lowest BCUT2D eigenvalue weighted by atomic mass is 10.1. The van der Waals surface area contributed by atoms with E-state index in [9.17, 15) is 9.59 Å². The van der Waals surface area contributed by atoms with Crippen LogP contribution < -0.4 is 10.5 Å². The van der Waals surface area contributed by atoms with Gasteiger partial charge in [-0.15, -0.1) is 11.3 Å². The maximum Gasteiger partial charge on any atom is 0.347 e. The Balaban J connectivity index is 1.98. The van der Waals surface area contributed by atoms with Crippen LogP contribution in [-0.2, 0) is 0 Å². The maximum atomic E-state index is 12.2. The molecule has 0 amide bonds. The van der Waals surface area contributed by atoms with Crippen LogP contribution in [0.25, 0.3) is 17.0 Å². The number of nitrogens with zero attached hydrogens (tertiary/aromatic N) is 1. The third kappa shape index (κ3) is 3.24. The molecule has 0 radical (unpaired) electrons. The summed E-state index contributed by atoms with van der Waals surface area (Å²) in [6.07, 6.45) is 3.10. The summed E-state index contributed by atoms with van der Waals surface area (Å²) in [6.45, 7) is 0. The van der Waals surface area contributed by atoms with E-state index in [0.29, 0.717) is 5.58 Å². The fraction of sp³-hybridized carbons (Fsp3) is 0.111. The second-order valence-electron chi connectivity index (χ2n) is 5.28. The van der Waals surface area contributed by atoms with Gasteiger partial charge in [-0.25, -0.2) is 4.79 Å². The first-order valence-electron chi connectivity index (χ1n) is 7.06. The quantitative estimate of drug-likeness (QED) is 0.416. The van der Waals surface area contributed by atoms with E-state index in [-0.39, 0.29) is 11.3 Å². The highest BCUT2D eigenvalue weighted by molar-refractivity contribution is 7.10. The highest BCUT2D eigenvalue weighted by atomic mass is 32.1. The summed E-state index contributed by atoms with van der Waals surface area (Å²) in [7, 11) is 3.82.